The highest BCUT2D eigenvalue weighted by Crippen LogP contribution is 2.30. The molecule has 0 bridgehead atoms. The first-order valence-electron chi connectivity index (χ1n) is 6.05. The maximum Gasteiger partial charge on any atom is 0.451 e. The number of rotatable bonds is 3. The molecule has 0 aliphatic heterocycles. The van der Waals surface area contributed by atoms with E-state index in [1.165, 1.54) is 13.0 Å². The lowest BCUT2D eigenvalue weighted by Crippen LogP contribution is -2.18. The molecule has 20 heavy (non-hydrogen) atoms. The fourth-order valence-corrected chi connectivity index (χ4v) is 1.75. The number of anilines is 1. The summed E-state index contributed by atoms with van der Waals surface area (Å²) in [6.45, 7) is 3.47. The van der Waals surface area contributed by atoms with Gasteiger partial charge in [0.2, 0.25) is 5.82 Å². The van der Waals surface area contributed by atoms with E-state index in [1.807, 2.05) is 6.92 Å². The minimum Gasteiger partial charge on any atom is -0.392 e. The molecule has 0 fully saturated rings. The van der Waals surface area contributed by atoms with Gasteiger partial charge in [-0.3, -0.25) is 0 Å². The lowest BCUT2D eigenvalue weighted by Gasteiger charge is -2.13. The van der Waals surface area contributed by atoms with E-state index >= 15 is 0 Å². The van der Waals surface area contributed by atoms with Gasteiger partial charge in [-0.25, -0.2) is 9.97 Å². The Morgan fingerprint density at radius 2 is 2.00 bits per heavy atom. The molecule has 1 unspecified atom stereocenters. The largest absolute Gasteiger partial charge is 0.451 e. The Hall–Kier alpha value is -1.89. The van der Waals surface area contributed by atoms with Crippen molar-refractivity contribution in [2.45, 2.75) is 26.1 Å². The van der Waals surface area contributed by atoms with Crippen molar-refractivity contribution in [1.29, 1.82) is 0 Å². The van der Waals surface area contributed by atoms with Crippen molar-refractivity contribution in [2.24, 2.45) is 0 Å². The lowest BCUT2D eigenvalue weighted by atomic mass is 10.1. The van der Waals surface area contributed by atoms with Crippen molar-refractivity contribution in [3.8, 4) is 0 Å². The summed E-state index contributed by atoms with van der Waals surface area (Å²) in [5.41, 5.74) is 1.10. The molecule has 7 heteroatoms. The zero-order valence-electron chi connectivity index (χ0n) is 11.0. The first-order chi connectivity index (χ1) is 9.27. The lowest BCUT2D eigenvalue weighted by molar-refractivity contribution is -0.144. The molecule has 1 aromatic heterocycles. The van der Waals surface area contributed by atoms with Crippen molar-refractivity contribution >= 4 is 16.7 Å². The first kappa shape index (κ1) is 14.5. The van der Waals surface area contributed by atoms with Gasteiger partial charge < -0.3 is 10.4 Å². The zero-order valence-corrected chi connectivity index (χ0v) is 11.0. The summed E-state index contributed by atoms with van der Waals surface area (Å²) in [7, 11) is 0. The van der Waals surface area contributed by atoms with Crippen LogP contribution >= 0.6 is 0 Å². The molecule has 2 rings (SSSR count). The van der Waals surface area contributed by atoms with Gasteiger partial charge in [0, 0.05) is 11.9 Å². The number of nitrogens with zero attached hydrogens (tertiary/aromatic N) is 2. The average molecular weight is 285 g/mol. The van der Waals surface area contributed by atoms with E-state index in [1.54, 1.807) is 12.1 Å². The Kier molecular flexibility index (Phi) is 3.80. The SMILES string of the molecule is Cc1ccc2nc(C(F)(F)F)nc(NCC(C)O)c2c1. The minimum absolute atomic E-state index is 0.0759. The Bertz CT molecular complexity index is 626. The molecular weight excluding hydrogens is 271 g/mol. The maximum absolute atomic E-state index is 12.8. The van der Waals surface area contributed by atoms with Crippen molar-refractivity contribution in [2.75, 3.05) is 11.9 Å². The standard InChI is InChI=1S/C13H14F3N3O/c1-7-3-4-10-9(5-7)11(17-6-8(2)20)19-12(18-10)13(14,15)16/h3-5,8,20H,6H2,1-2H3,(H,17,18,19). The van der Waals surface area contributed by atoms with Gasteiger partial charge in [-0.1, -0.05) is 11.6 Å². The van der Waals surface area contributed by atoms with Crippen LogP contribution in [0.5, 0.6) is 0 Å². The van der Waals surface area contributed by atoms with Crippen LogP contribution in [0.25, 0.3) is 10.9 Å². The monoisotopic (exact) mass is 285 g/mol. The van der Waals surface area contributed by atoms with Crippen LogP contribution in [0.3, 0.4) is 0 Å². The molecule has 0 saturated heterocycles. The summed E-state index contributed by atoms with van der Waals surface area (Å²) in [6, 6.07) is 4.92. The predicted molar refractivity (Wildman–Crippen MR) is 69.4 cm³/mol. The Labute approximate surface area is 113 Å². The van der Waals surface area contributed by atoms with Crippen LogP contribution in [-0.2, 0) is 6.18 Å². The summed E-state index contributed by atoms with van der Waals surface area (Å²) < 4.78 is 38.3. The molecule has 0 saturated carbocycles. The van der Waals surface area contributed by atoms with E-state index in [0.29, 0.717) is 5.39 Å². The molecule has 0 radical (unpaired) electrons. The van der Waals surface area contributed by atoms with Gasteiger partial charge in [0.1, 0.15) is 5.82 Å². The van der Waals surface area contributed by atoms with Crippen molar-refractivity contribution in [1.82, 2.24) is 9.97 Å². The molecule has 2 aromatic rings. The number of nitrogens with one attached hydrogen (secondary N) is 1. The van der Waals surface area contributed by atoms with Crippen molar-refractivity contribution in [3.05, 3.63) is 29.6 Å². The molecule has 1 atom stereocenters. The van der Waals surface area contributed by atoms with E-state index in [0.717, 1.165) is 5.56 Å². The number of aliphatic hydroxyl groups is 1. The van der Waals surface area contributed by atoms with Crippen LogP contribution in [0.1, 0.15) is 18.3 Å². The fourth-order valence-electron chi connectivity index (χ4n) is 1.75. The van der Waals surface area contributed by atoms with Crippen molar-refractivity contribution < 1.29 is 18.3 Å². The highest BCUT2D eigenvalue weighted by atomic mass is 19.4. The van der Waals surface area contributed by atoms with Gasteiger partial charge in [0.15, 0.2) is 0 Å². The summed E-state index contributed by atoms with van der Waals surface area (Å²) >= 11 is 0. The molecule has 108 valence electrons. The maximum atomic E-state index is 12.8. The van der Waals surface area contributed by atoms with Gasteiger partial charge in [-0.05, 0) is 26.0 Å². The number of hydrogen-bond acceptors (Lipinski definition) is 4. The molecule has 0 aliphatic rings. The number of halogens is 3. The number of aliphatic hydroxyl groups excluding tert-OH is 1. The molecule has 4 nitrogen and oxygen atoms in total. The van der Waals surface area contributed by atoms with Crippen LogP contribution < -0.4 is 5.32 Å². The number of aromatic nitrogens is 2. The number of fused-ring (bicyclic) bond motifs is 1. The van der Waals surface area contributed by atoms with E-state index in [4.69, 9.17) is 0 Å². The summed E-state index contributed by atoms with van der Waals surface area (Å²) in [6.07, 6.45) is -5.31. The second-order valence-electron chi connectivity index (χ2n) is 4.64. The van der Waals surface area contributed by atoms with Crippen LogP contribution in [-0.4, -0.2) is 27.7 Å². The van der Waals surface area contributed by atoms with E-state index in [2.05, 4.69) is 15.3 Å². The second-order valence-corrected chi connectivity index (χ2v) is 4.64. The quantitative estimate of drug-likeness (QED) is 0.910. The third-order valence-corrected chi connectivity index (χ3v) is 2.67. The highest BCUT2D eigenvalue weighted by molar-refractivity contribution is 5.89. The van der Waals surface area contributed by atoms with E-state index < -0.39 is 18.1 Å². The summed E-state index contributed by atoms with van der Waals surface area (Å²) in [4.78, 5) is 7.06. The van der Waals surface area contributed by atoms with Crippen LogP contribution in [0, 0.1) is 6.92 Å². The van der Waals surface area contributed by atoms with Gasteiger partial charge in [0.05, 0.1) is 11.6 Å². The fraction of sp³-hybridized carbons (Fsp3) is 0.385. The first-order valence-corrected chi connectivity index (χ1v) is 6.05. The topological polar surface area (TPSA) is 58.0 Å². The third-order valence-electron chi connectivity index (χ3n) is 2.67. The molecule has 1 aromatic carbocycles. The Morgan fingerprint density at radius 1 is 1.30 bits per heavy atom. The van der Waals surface area contributed by atoms with Gasteiger partial charge in [0.25, 0.3) is 0 Å². The van der Waals surface area contributed by atoms with Crippen LogP contribution in [0.4, 0.5) is 19.0 Å². The molecule has 0 amide bonds. The summed E-state index contributed by atoms with van der Waals surface area (Å²) in [5, 5.41) is 12.5. The highest BCUT2D eigenvalue weighted by Gasteiger charge is 2.35. The summed E-state index contributed by atoms with van der Waals surface area (Å²) in [5.74, 6) is -1.12. The van der Waals surface area contributed by atoms with Crippen LogP contribution in [0.2, 0.25) is 0 Å². The number of benzene rings is 1. The average Bonchev–Trinajstić information content (AvgIpc) is 2.34. The van der Waals surface area contributed by atoms with Crippen LogP contribution in [0.15, 0.2) is 18.2 Å². The van der Waals surface area contributed by atoms with Crippen molar-refractivity contribution in [3.63, 3.8) is 0 Å². The second kappa shape index (κ2) is 5.24. The zero-order chi connectivity index (χ0) is 14.9. The van der Waals surface area contributed by atoms with E-state index in [-0.39, 0.29) is 17.9 Å². The van der Waals surface area contributed by atoms with Gasteiger partial charge in [-0.2, -0.15) is 13.2 Å². The smallest absolute Gasteiger partial charge is 0.392 e. The Balaban J connectivity index is 2.57. The Morgan fingerprint density at radius 3 is 2.60 bits per heavy atom. The predicted octanol–water partition coefficient (Wildman–Crippen LogP) is 2.75. The number of aryl methyl sites for hydroxylation is 1. The number of hydrogen-bond donors (Lipinski definition) is 2. The molecule has 2 N–H and O–H groups in total. The third kappa shape index (κ3) is 3.16. The normalized spacial score (nSPS) is 13.5. The molecule has 0 aliphatic carbocycles. The van der Waals surface area contributed by atoms with Gasteiger partial charge in [-0.15, -0.1) is 0 Å². The molecular formula is C13H14F3N3O. The van der Waals surface area contributed by atoms with E-state index in [9.17, 15) is 18.3 Å². The minimum atomic E-state index is -4.61. The number of alkyl halides is 3. The molecule has 1 heterocycles. The van der Waals surface area contributed by atoms with Gasteiger partial charge >= 0.3 is 6.18 Å². The molecule has 0 spiro atoms.